The Hall–Kier alpha value is -4.02. The van der Waals surface area contributed by atoms with E-state index in [1.54, 1.807) is 6.07 Å². The van der Waals surface area contributed by atoms with E-state index >= 15 is 0 Å². The maximum absolute atomic E-state index is 14.2. The van der Waals surface area contributed by atoms with E-state index in [4.69, 9.17) is 0 Å². The molecule has 0 aliphatic heterocycles. The quantitative estimate of drug-likeness (QED) is 0.290. The van der Waals surface area contributed by atoms with Crippen LogP contribution < -0.4 is 10.6 Å². The lowest BCUT2D eigenvalue weighted by Crippen LogP contribution is -2.24. The number of aromatic amines is 1. The largest absolute Gasteiger partial charge is 0.416 e. The number of rotatable bonds is 6. The van der Waals surface area contributed by atoms with Crippen LogP contribution in [0, 0.1) is 5.82 Å². The highest BCUT2D eigenvalue weighted by Crippen LogP contribution is 2.33. The smallest absolute Gasteiger partial charge is 0.355 e. The Morgan fingerprint density at radius 1 is 1.03 bits per heavy atom. The van der Waals surface area contributed by atoms with Crippen molar-refractivity contribution in [1.82, 2.24) is 25.3 Å². The number of aromatic nitrogens is 4. The van der Waals surface area contributed by atoms with Crippen molar-refractivity contribution >= 4 is 28.4 Å². The van der Waals surface area contributed by atoms with E-state index in [0.29, 0.717) is 34.0 Å². The summed E-state index contributed by atoms with van der Waals surface area (Å²) in [5.74, 6) is 0.0973. The van der Waals surface area contributed by atoms with Crippen molar-refractivity contribution in [2.45, 2.75) is 44.3 Å². The summed E-state index contributed by atoms with van der Waals surface area (Å²) in [5.41, 5.74) is 1.41. The van der Waals surface area contributed by atoms with Gasteiger partial charge < -0.3 is 15.6 Å². The lowest BCUT2D eigenvalue weighted by molar-refractivity contribution is -0.137. The lowest BCUT2D eigenvalue weighted by Gasteiger charge is -2.11. The van der Waals surface area contributed by atoms with Crippen molar-refractivity contribution in [2.75, 3.05) is 5.32 Å². The van der Waals surface area contributed by atoms with E-state index in [0.717, 1.165) is 43.6 Å². The molecule has 2 aromatic carbocycles. The summed E-state index contributed by atoms with van der Waals surface area (Å²) in [6.07, 6.45) is 1.21. The number of nitrogens with zero attached hydrogens (tertiary/aromatic N) is 3. The number of imidazole rings is 1. The van der Waals surface area contributed by atoms with Gasteiger partial charge in [0.15, 0.2) is 11.3 Å². The van der Waals surface area contributed by atoms with Gasteiger partial charge in [0, 0.05) is 23.8 Å². The highest BCUT2D eigenvalue weighted by molar-refractivity contribution is 6.02. The Labute approximate surface area is 203 Å². The number of hydrogen-bond acceptors (Lipinski definition) is 5. The number of benzene rings is 2. The number of nitrogens with one attached hydrogen (secondary N) is 3. The highest BCUT2D eigenvalue weighted by atomic mass is 19.4. The van der Waals surface area contributed by atoms with E-state index in [1.807, 2.05) is 0 Å². The van der Waals surface area contributed by atoms with Crippen LogP contribution in [0.15, 0.2) is 48.8 Å². The summed E-state index contributed by atoms with van der Waals surface area (Å²) in [6.45, 7) is 0.00734. The van der Waals surface area contributed by atoms with Crippen LogP contribution in [0.25, 0.3) is 11.2 Å². The monoisotopic (exact) mass is 498 g/mol. The number of hydrogen-bond donors (Lipinski definition) is 3. The van der Waals surface area contributed by atoms with Crippen LogP contribution in [0.3, 0.4) is 0 Å². The van der Waals surface area contributed by atoms with Crippen LogP contribution in [0.5, 0.6) is 0 Å². The molecular weight excluding hydrogens is 476 g/mol. The number of carbonyl (C=O) groups excluding carboxylic acids is 1. The van der Waals surface area contributed by atoms with E-state index < -0.39 is 23.5 Å². The molecule has 1 fully saturated rings. The van der Waals surface area contributed by atoms with Crippen LogP contribution in [0.2, 0.25) is 0 Å². The van der Waals surface area contributed by atoms with Crippen LogP contribution in [0.1, 0.15) is 59.0 Å². The zero-order valence-electron chi connectivity index (χ0n) is 19.0. The minimum Gasteiger partial charge on any atom is -0.355 e. The van der Waals surface area contributed by atoms with E-state index in [9.17, 15) is 22.4 Å². The second-order valence-corrected chi connectivity index (χ2v) is 8.76. The SMILES string of the molecule is O=C(NCc1cc(F)cc(Nc2ccc(C(F)(F)F)cc2)c1)c1ncnc2nc(C3CCCC3)[nH]c12. The molecule has 0 bridgehead atoms. The Morgan fingerprint density at radius 3 is 2.50 bits per heavy atom. The highest BCUT2D eigenvalue weighted by Gasteiger charge is 2.30. The fraction of sp³-hybridized carbons (Fsp3) is 0.280. The zero-order chi connectivity index (χ0) is 25.3. The average Bonchev–Trinajstić information content (AvgIpc) is 3.52. The molecule has 0 unspecified atom stereocenters. The summed E-state index contributed by atoms with van der Waals surface area (Å²) < 4.78 is 52.5. The first-order chi connectivity index (χ1) is 17.3. The van der Waals surface area contributed by atoms with Crippen molar-refractivity contribution in [3.05, 3.63) is 77.3 Å². The van der Waals surface area contributed by atoms with Crippen LogP contribution in [-0.4, -0.2) is 25.8 Å². The molecule has 5 rings (SSSR count). The summed E-state index contributed by atoms with van der Waals surface area (Å²) in [6, 6.07) is 8.50. The fourth-order valence-electron chi connectivity index (χ4n) is 4.41. The fourth-order valence-corrected chi connectivity index (χ4v) is 4.41. The number of carbonyl (C=O) groups is 1. The Kier molecular flexibility index (Phi) is 6.29. The second kappa shape index (κ2) is 9.56. The van der Waals surface area contributed by atoms with Crippen LogP contribution in [-0.2, 0) is 12.7 Å². The molecule has 2 heterocycles. The third-order valence-corrected chi connectivity index (χ3v) is 6.18. The second-order valence-electron chi connectivity index (χ2n) is 8.76. The minimum absolute atomic E-state index is 0.00734. The molecule has 1 amide bonds. The van der Waals surface area contributed by atoms with Crippen molar-refractivity contribution in [2.24, 2.45) is 0 Å². The maximum Gasteiger partial charge on any atom is 0.416 e. The number of alkyl halides is 3. The predicted octanol–water partition coefficient (Wildman–Crippen LogP) is 5.84. The number of H-pyrrole nitrogens is 1. The van der Waals surface area contributed by atoms with Crippen molar-refractivity contribution < 1.29 is 22.4 Å². The summed E-state index contributed by atoms with van der Waals surface area (Å²) in [5, 5.41) is 5.61. The molecule has 0 atom stereocenters. The van der Waals surface area contributed by atoms with Gasteiger partial charge in [-0.1, -0.05) is 12.8 Å². The number of fused-ring (bicyclic) bond motifs is 1. The number of amides is 1. The van der Waals surface area contributed by atoms with Gasteiger partial charge in [-0.05, 0) is 60.9 Å². The van der Waals surface area contributed by atoms with Gasteiger partial charge in [-0.2, -0.15) is 13.2 Å². The average molecular weight is 498 g/mol. The molecule has 2 aromatic heterocycles. The minimum atomic E-state index is -4.44. The summed E-state index contributed by atoms with van der Waals surface area (Å²) >= 11 is 0. The van der Waals surface area contributed by atoms with E-state index in [1.165, 1.54) is 30.6 Å². The number of halogens is 4. The van der Waals surface area contributed by atoms with Gasteiger partial charge in [0.25, 0.3) is 5.91 Å². The van der Waals surface area contributed by atoms with Gasteiger partial charge in [0.05, 0.1) is 5.56 Å². The summed E-state index contributed by atoms with van der Waals surface area (Å²) in [4.78, 5) is 28.9. The maximum atomic E-state index is 14.2. The molecular formula is C25H22F4N6O. The zero-order valence-corrected chi connectivity index (χ0v) is 19.0. The normalized spacial score (nSPS) is 14.3. The van der Waals surface area contributed by atoms with Gasteiger partial charge in [-0.25, -0.2) is 19.3 Å². The predicted molar refractivity (Wildman–Crippen MR) is 125 cm³/mol. The van der Waals surface area contributed by atoms with Gasteiger partial charge in [0.1, 0.15) is 23.5 Å². The first-order valence-electron chi connectivity index (χ1n) is 11.5. The van der Waals surface area contributed by atoms with Crippen molar-refractivity contribution in [3.8, 4) is 0 Å². The topological polar surface area (TPSA) is 95.6 Å². The standard InChI is InChI=1S/C25H22F4N6O/c26-17-9-14(10-19(11-17)33-18-7-5-16(6-8-18)25(27,28)29)12-30-24(36)21-20-23(32-13-31-21)35-22(34-20)15-3-1-2-4-15/h5-11,13,15,33H,1-4,12H2,(H,30,36)(H,31,32,34,35). The van der Waals surface area contributed by atoms with Gasteiger partial charge in [0.2, 0.25) is 0 Å². The Balaban J connectivity index is 1.29. The molecule has 4 aromatic rings. The summed E-state index contributed by atoms with van der Waals surface area (Å²) in [7, 11) is 0. The molecule has 3 N–H and O–H groups in total. The first-order valence-corrected chi connectivity index (χ1v) is 11.5. The molecule has 186 valence electrons. The Morgan fingerprint density at radius 2 is 1.78 bits per heavy atom. The van der Waals surface area contributed by atoms with Gasteiger partial charge in [-0.3, -0.25) is 4.79 Å². The van der Waals surface area contributed by atoms with Crippen molar-refractivity contribution in [1.29, 1.82) is 0 Å². The molecule has 0 spiro atoms. The third-order valence-electron chi connectivity index (χ3n) is 6.18. The van der Waals surface area contributed by atoms with E-state index in [2.05, 4.69) is 30.6 Å². The van der Waals surface area contributed by atoms with E-state index in [-0.39, 0.29) is 12.2 Å². The van der Waals surface area contributed by atoms with Crippen LogP contribution in [0.4, 0.5) is 28.9 Å². The molecule has 1 saturated carbocycles. The molecule has 36 heavy (non-hydrogen) atoms. The molecule has 7 nitrogen and oxygen atoms in total. The van der Waals surface area contributed by atoms with Crippen molar-refractivity contribution in [3.63, 3.8) is 0 Å². The third kappa shape index (κ3) is 5.14. The van der Waals surface area contributed by atoms with Gasteiger partial charge in [-0.15, -0.1) is 0 Å². The van der Waals surface area contributed by atoms with Crippen LogP contribution >= 0.6 is 0 Å². The first kappa shape index (κ1) is 23.7. The molecule has 11 heteroatoms. The molecule has 1 aliphatic carbocycles. The van der Waals surface area contributed by atoms with Gasteiger partial charge >= 0.3 is 6.18 Å². The molecule has 1 aliphatic rings. The number of anilines is 2. The lowest BCUT2D eigenvalue weighted by atomic mass is 10.1. The molecule has 0 radical (unpaired) electrons. The molecule has 0 saturated heterocycles. The Bertz CT molecular complexity index is 1390.